The van der Waals surface area contributed by atoms with Crippen molar-refractivity contribution in [2.24, 2.45) is 0 Å². The molecule has 7 heteroatoms. The lowest BCUT2D eigenvalue weighted by molar-refractivity contribution is 0.0109. The number of sulfonamides is 1. The quantitative estimate of drug-likeness (QED) is 0.761. The molecular formula is C12H18N2O4S. The fourth-order valence-electron chi connectivity index (χ4n) is 2.24. The smallest absolute Gasteiger partial charge is 0.245 e. The molecule has 1 aliphatic rings. The van der Waals surface area contributed by atoms with Gasteiger partial charge in [-0.2, -0.15) is 4.31 Å². The number of aliphatic hydroxyl groups is 1. The first-order valence-electron chi connectivity index (χ1n) is 6.04. The van der Waals surface area contributed by atoms with Crippen LogP contribution >= 0.6 is 0 Å². The summed E-state index contributed by atoms with van der Waals surface area (Å²) < 4.78 is 31.8. The van der Waals surface area contributed by atoms with Gasteiger partial charge in [-0.3, -0.25) is 0 Å². The molecule has 1 aliphatic heterocycles. The first kappa shape index (κ1) is 14.3. The van der Waals surface area contributed by atoms with E-state index in [-0.39, 0.29) is 30.3 Å². The number of benzene rings is 1. The molecule has 0 spiro atoms. The fraction of sp³-hybridized carbons (Fsp3) is 0.500. The van der Waals surface area contributed by atoms with Gasteiger partial charge in [0.25, 0.3) is 0 Å². The van der Waals surface area contributed by atoms with Crippen LogP contribution in [-0.4, -0.2) is 50.2 Å². The highest BCUT2D eigenvalue weighted by Gasteiger charge is 2.35. The highest BCUT2D eigenvalue weighted by molar-refractivity contribution is 7.89. The predicted molar refractivity (Wildman–Crippen MR) is 71.2 cm³/mol. The number of aryl methyl sites for hydroxylation is 1. The molecule has 6 nitrogen and oxygen atoms in total. The zero-order valence-corrected chi connectivity index (χ0v) is 11.6. The summed E-state index contributed by atoms with van der Waals surface area (Å²) in [5.74, 6) is 0. The average Bonchev–Trinajstić information content (AvgIpc) is 2.38. The molecule has 0 amide bonds. The van der Waals surface area contributed by atoms with Crippen LogP contribution in [0.4, 0.5) is 5.69 Å². The highest BCUT2D eigenvalue weighted by Crippen LogP contribution is 2.28. The Hall–Kier alpha value is -1.15. The van der Waals surface area contributed by atoms with Crippen molar-refractivity contribution in [1.29, 1.82) is 0 Å². The molecule has 19 heavy (non-hydrogen) atoms. The standard InChI is InChI=1S/C12H18N2O4S/c1-9-3-2-4-11(13)12(9)19(16,17)14-5-6-18-8-10(14)7-15/h2-4,10,15H,5-8,13H2,1H3. The Balaban J connectivity index is 2.47. The first-order valence-corrected chi connectivity index (χ1v) is 7.48. The van der Waals surface area contributed by atoms with E-state index in [4.69, 9.17) is 10.5 Å². The summed E-state index contributed by atoms with van der Waals surface area (Å²) >= 11 is 0. The maximum Gasteiger partial charge on any atom is 0.245 e. The van der Waals surface area contributed by atoms with Crippen LogP contribution in [0.2, 0.25) is 0 Å². The molecule has 1 heterocycles. The first-order chi connectivity index (χ1) is 8.98. The van der Waals surface area contributed by atoms with Gasteiger partial charge < -0.3 is 15.6 Å². The molecule has 106 valence electrons. The number of rotatable bonds is 3. The Kier molecular flexibility index (Phi) is 4.10. The maximum atomic E-state index is 12.7. The maximum absolute atomic E-state index is 12.7. The van der Waals surface area contributed by atoms with Crippen molar-refractivity contribution < 1.29 is 18.3 Å². The Labute approximate surface area is 112 Å². The van der Waals surface area contributed by atoms with E-state index >= 15 is 0 Å². The van der Waals surface area contributed by atoms with Crippen molar-refractivity contribution >= 4 is 15.7 Å². The monoisotopic (exact) mass is 286 g/mol. The molecule has 0 aromatic heterocycles. The van der Waals surface area contributed by atoms with E-state index in [0.29, 0.717) is 12.2 Å². The Morgan fingerprint density at radius 2 is 2.26 bits per heavy atom. The fourth-order valence-corrected chi connectivity index (χ4v) is 4.15. The van der Waals surface area contributed by atoms with E-state index in [1.807, 2.05) is 0 Å². The van der Waals surface area contributed by atoms with E-state index in [0.717, 1.165) is 0 Å². The minimum Gasteiger partial charge on any atom is -0.398 e. The van der Waals surface area contributed by atoms with E-state index < -0.39 is 16.1 Å². The highest BCUT2D eigenvalue weighted by atomic mass is 32.2. The number of ether oxygens (including phenoxy) is 1. The molecule has 1 aromatic rings. The molecule has 1 unspecified atom stereocenters. The van der Waals surface area contributed by atoms with Crippen LogP contribution < -0.4 is 5.73 Å². The third-order valence-electron chi connectivity index (χ3n) is 3.19. The lowest BCUT2D eigenvalue weighted by atomic mass is 10.2. The molecule has 1 atom stereocenters. The van der Waals surface area contributed by atoms with Gasteiger partial charge in [-0.15, -0.1) is 0 Å². The number of anilines is 1. The lowest BCUT2D eigenvalue weighted by Crippen LogP contribution is -2.50. The van der Waals surface area contributed by atoms with Crippen molar-refractivity contribution in [3.8, 4) is 0 Å². The predicted octanol–water partition coefficient (Wildman–Crippen LogP) is -0.0410. The van der Waals surface area contributed by atoms with Gasteiger partial charge in [0.15, 0.2) is 0 Å². The minimum absolute atomic E-state index is 0.121. The average molecular weight is 286 g/mol. The molecule has 0 aliphatic carbocycles. The second kappa shape index (κ2) is 5.46. The summed E-state index contributed by atoms with van der Waals surface area (Å²) in [6.45, 7) is 2.17. The molecule has 1 saturated heterocycles. The summed E-state index contributed by atoms with van der Waals surface area (Å²) in [5.41, 5.74) is 6.63. The zero-order chi connectivity index (χ0) is 14.0. The second-order valence-corrected chi connectivity index (χ2v) is 6.35. The summed E-state index contributed by atoms with van der Waals surface area (Å²) in [4.78, 5) is 0.121. The third-order valence-corrected chi connectivity index (χ3v) is 5.37. The Bertz CT molecular complexity index is 539. The van der Waals surface area contributed by atoms with E-state index in [1.54, 1.807) is 25.1 Å². The van der Waals surface area contributed by atoms with Gasteiger partial charge in [0.05, 0.1) is 31.5 Å². The zero-order valence-electron chi connectivity index (χ0n) is 10.7. The third kappa shape index (κ3) is 2.59. The number of nitrogens with zero attached hydrogens (tertiary/aromatic N) is 1. The van der Waals surface area contributed by atoms with Crippen molar-refractivity contribution in [1.82, 2.24) is 4.31 Å². The van der Waals surface area contributed by atoms with Crippen molar-refractivity contribution in [3.63, 3.8) is 0 Å². The van der Waals surface area contributed by atoms with Gasteiger partial charge in [-0.05, 0) is 18.6 Å². The Morgan fingerprint density at radius 1 is 1.53 bits per heavy atom. The molecule has 0 bridgehead atoms. The number of morpholine rings is 1. The molecule has 1 aromatic carbocycles. The minimum atomic E-state index is -3.72. The van der Waals surface area contributed by atoms with Crippen molar-refractivity contribution in [2.45, 2.75) is 17.9 Å². The Morgan fingerprint density at radius 3 is 2.89 bits per heavy atom. The number of aliphatic hydroxyl groups excluding tert-OH is 1. The molecule has 1 fully saturated rings. The van der Waals surface area contributed by atoms with Crippen LogP contribution in [0.15, 0.2) is 23.1 Å². The van der Waals surface area contributed by atoms with Gasteiger partial charge in [0.1, 0.15) is 4.90 Å². The second-order valence-electron chi connectivity index (χ2n) is 4.52. The van der Waals surface area contributed by atoms with Crippen LogP contribution in [0.5, 0.6) is 0 Å². The number of hydrogen-bond acceptors (Lipinski definition) is 5. The van der Waals surface area contributed by atoms with Crippen molar-refractivity contribution in [3.05, 3.63) is 23.8 Å². The SMILES string of the molecule is Cc1cccc(N)c1S(=O)(=O)N1CCOCC1CO. The lowest BCUT2D eigenvalue weighted by Gasteiger charge is -2.34. The normalized spacial score (nSPS) is 21.5. The van der Waals surface area contributed by atoms with Crippen LogP contribution in [0, 0.1) is 6.92 Å². The van der Waals surface area contributed by atoms with Crippen LogP contribution in [-0.2, 0) is 14.8 Å². The van der Waals surface area contributed by atoms with Crippen LogP contribution in [0.1, 0.15) is 5.56 Å². The van der Waals surface area contributed by atoms with Gasteiger partial charge in [0.2, 0.25) is 10.0 Å². The van der Waals surface area contributed by atoms with Crippen LogP contribution in [0.3, 0.4) is 0 Å². The van der Waals surface area contributed by atoms with Gasteiger partial charge >= 0.3 is 0 Å². The number of nitrogen functional groups attached to an aromatic ring is 1. The summed E-state index contributed by atoms with van der Waals surface area (Å²) in [6.07, 6.45) is 0. The molecule has 0 saturated carbocycles. The van der Waals surface area contributed by atoms with Gasteiger partial charge in [0, 0.05) is 6.54 Å². The molecule has 3 N–H and O–H groups in total. The largest absolute Gasteiger partial charge is 0.398 e. The van der Waals surface area contributed by atoms with Gasteiger partial charge in [-0.25, -0.2) is 8.42 Å². The van der Waals surface area contributed by atoms with E-state index in [2.05, 4.69) is 0 Å². The van der Waals surface area contributed by atoms with E-state index in [9.17, 15) is 13.5 Å². The van der Waals surface area contributed by atoms with Crippen LogP contribution in [0.25, 0.3) is 0 Å². The van der Waals surface area contributed by atoms with E-state index in [1.165, 1.54) is 4.31 Å². The molecule has 2 rings (SSSR count). The topological polar surface area (TPSA) is 92.9 Å². The summed E-state index contributed by atoms with van der Waals surface area (Å²) in [7, 11) is -3.72. The summed E-state index contributed by atoms with van der Waals surface area (Å²) in [5, 5.41) is 9.29. The molecule has 0 radical (unpaired) electrons. The summed E-state index contributed by atoms with van der Waals surface area (Å²) in [6, 6.07) is 4.43. The molecular weight excluding hydrogens is 268 g/mol. The van der Waals surface area contributed by atoms with Gasteiger partial charge in [-0.1, -0.05) is 12.1 Å². The van der Waals surface area contributed by atoms with Crippen molar-refractivity contribution in [2.75, 3.05) is 32.1 Å². The number of hydrogen-bond donors (Lipinski definition) is 2. The number of nitrogens with two attached hydrogens (primary N) is 1.